The molecule has 0 radical (unpaired) electrons. The second-order valence-electron chi connectivity index (χ2n) is 7.60. The van der Waals surface area contributed by atoms with Gasteiger partial charge >= 0.3 is 17.9 Å². The minimum Gasteiger partial charge on any atom is -0.459 e. The van der Waals surface area contributed by atoms with E-state index in [1.807, 2.05) is 6.92 Å². The first-order valence-corrected chi connectivity index (χ1v) is 8.69. The number of carbonyl (C=O) groups excluding carboxylic acids is 3. The number of rotatable bonds is 2. The van der Waals surface area contributed by atoms with Crippen molar-refractivity contribution < 1.29 is 33.7 Å². The van der Waals surface area contributed by atoms with Crippen LogP contribution in [0.4, 0.5) is 0 Å². The van der Waals surface area contributed by atoms with E-state index in [1.165, 1.54) is 13.8 Å². The average Bonchev–Trinajstić information content (AvgIpc) is 2.93. The van der Waals surface area contributed by atoms with Crippen molar-refractivity contribution in [1.82, 2.24) is 0 Å². The van der Waals surface area contributed by atoms with Crippen LogP contribution < -0.4 is 0 Å². The smallest absolute Gasteiger partial charge is 0.334 e. The zero-order valence-corrected chi connectivity index (χ0v) is 15.4. The summed E-state index contributed by atoms with van der Waals surface area (Å²) in [5.74, 6) is -2.84. The molecule has 7 atom stereocenters. The number of esters is 3. The van der Waals surface area contributed by atoms with E-state index < -0.39 is 47.7 Å². The SMILES string of the molecule is C=C1C(=O)OC2C1CC(OC(C)=O)C(C)(O)C1C(OC(C)=O)C=C(C)C21. The Kier molecular flexibility index (Phi) is 4.46. The van der Waals surface area contributed by atoms with Gasteiger partial charge in [-0.25, -0.2) is 4.79 Å². The summed E-state index contributed by atoms with van der Waals surface area (Å²) in [4.78, 5) is 35.3. The lowest BCUT2D eigenvalue weighted by molar-refractivity contribution is -0.181. The van der Waals surface area contributed by atoms with Gasteiger partial charge in [-0.1, -0.05) is 12.2 Å². The van der Waals surface area contributed by atoms with Crippen molar-refractivity contribution in [1.29, 1.82) is 0 Å². The van der Waals surface area contributed by atoms with Gasteiger partial charge in [0.25, 0.3) is 0 Å². The molecule has 2 fully saturated rings. The average molecular weight is 364 g/mol. The van der Waals surface area contributed by atoms with Gasteiger partial charge in [-0.05, 0) is 26.3 Å². The van der Waals surface area contributed by atoms with Gasteiger partial charge in [0.15, 0.2) is 0 Å². The molecule has 0 aromatic rings. The summed E-state index contributed by atoms with van der Waals surface area (Å²) in [7, 11) is 0. The highest BCUT2D eigenvalue weighted by Gasteiger charge is 2.62. The maximum absolute atomic E-state index is 12.1. The van der Waals surface area contributed by atoms with Gasteiger partial charge in [0.1, 0.15) is 23.9 Å². The lowest BCUT2D eigenvalue weighted by atomic mass is 9.74. The van der Waals surface area contributed by atoms with Crippen molar-refractivity contribution in [2.45, 2.75) is 58.0 Å². The maximum atomic E-state index is 12.1. The molecule has 7 nitrogen and oxygen atoms in total. The monoisotopic (exact) mass is 364 g/mol. The first-order valence-electron chi connectivity index (χ1n) is 8.69. The van der Waals surface area contributed by atoms with Crippen LogP contribution in [-0.4, -0.2) is 46.9 Å². The van der Waals surface area contributed by atoms with Gasteiger partial charge in [-0.2, -0.15) is 0 Å². The van der Waals surface area contributed by atoms with Crippen LogP contribution in [0.5, 0.6) is 0 Å². The Hall–Kier alpha value is -2.15. The molecule has 0 spiro atoms. The highest BCUT2D eigenvalue weighted by molar-refractivity contribution is 5.91. The Balaban J connectivity index is 2.08. The van der Waals surface area contributed by atoms with E-state index in [1.54, 1.807) is 13.0 Å². The molecule has 0 amide bonds. The van der Waals surface area contributed by atoms with Crippen LogP contribution in [0.2, 0.25) is 0 Å². The number of carbonyl (C=O) groups is 3. The number of hydrogen-bond acceptors (Lipinski definition) is 7. The number of ether oxygens (including phenoxy) is 3. The van der Waals surface area contributed by atoms with Crippen LogP contribution in [0, 0.1) is 17.8 Å². The molecule has 7 unspecified atom stereocenters. The third-order valence-electron chi connectivity index (χ3n) is 5.80. The van der Waals surface area contributed by atoms with Crippen LogP contribution in [0.25, 0.3) is 0 Å². The van der Waals surface area contributed by atoms with E-state index in [4.69, 9.17) is 14.2 Å². The molecule has 1 N–H and O–H groups in total. The Morgan fingerprint density at radius 3 is 2.50 bits per heavy atom. The van der Waals surface area contributed by atoms with Crippen LogP contribution in [-0.2, 0) is 28.6 Å². The molecule has 3 aliphatic rings. The molecule has 2 aliphatic carbocycles. The number of hydrogen-bond donors (Lipinski definition) is 1. The fourth-order valence-corrected chi connectivity index (χ4v) is 4.70. The molecule has 26 heavy (non-hydrogen) atoms. The summed E-state index contributed by atoms with van der Waals surface area (Å²) >= 11 is 0. The number of fused-ring (bicyclic) bond motifs is 3. The molecule has 0 aromatic carbocycles. The van der Waals surface area contributed by atoms with Crippen LogP contribution in [0.3, 0.4) is 0 Å². The van der Waals surface area contributed by atoms with Crippen molar-refractivity contribution in [2.75, 3.05) is 0 Å². The van der Waals surface area contributed by atoms with Crippen molar-refractivity contribution in [3.8, 4) is 0 Å². The molecule has 0 aromatic heterocycles. The zero-order valence-electron chi connectivity index (χ0n) is 15.4. The van der Waals surface area contributed by atoms with Crippen molar-refractivity contribution in [3.63, 3.8) is 0 Å². The van der Waals surface area contributed by atoms with Crippen molar-refractivity contribution >= 4 is 17.9 Å². The van der Waals surface area contributed by atoms with Gasteiger partial charge in [0.05, 0.1) is 0 Å². The predicted octanol–water partition coefficient (Wildman–Crippen LogP) is 1.29. The highest BCUT2D eigenvalue weighted by Crippen LogP contribution is 2.53. The van der Waals surface area contributed by atoms with E-state index in [0.29, 0.717) is 5.57 Å². The van der Waals surface area contributed by atoms with Gasteiger partial charge in [-0.3, -0.25) is 9.59 Å². The summed E-state index contributed by atoms with van der Waals surface area (Å²) < 4.78 is 16.4. The largest absolute Gasteiger partial charge is 0.459 e. The predicted molar refractivity (Wildman–Crippen MR) is 89.6 cm³/mol. The highest BCUT2D eigenvalue weighted by atomic mass is 16.6. The van der Waals surface area contributed by atoms with Crippen molar-refractivity contribution in [2.24, 2.45) is 17.8 Å². The molecule has 1 saturated carbocycles. The topological polar surface area (TPSA) is 99.1 Å². The van der Waals surface area contributed by atoms with E-state index in [9.17, 15) is 19.5 Å². The third-order valence-corrected chi connectivity index (χ3v) is 5.80. The summed E-state index contributed by atoms with van der Waals surface area (Å²) in [6, 6.07) is 0. The van der Waals surface area contributed by atoms with Gasteiger partial charge < -0.3 is 19.3 Å². The van der Waals surface area contributed by atoms with E-state index in [2.05, 4.69) is 6.58 Å². The molecule has 3 rings (SSSR count). The van der Waals surface area contributed by atoms with Crippen LogP contribution in [0.15, 0.2) is 23.8 Å². The molecular weight excluding hydrogens is 340 g/mol. The Bertz CT molecular complexity index is 705. The Morgan fingerprint density at radius 1 is 1.31 bits per heavy atom. The molecule has 142 valence electrons. The quantitative estimate of drug-likeness (QED) is 0.341. The standard InChI is InChI=1S/C19H24O7/c1-8-6-13(24-10(3)20)16-15(8)17-12(9(2)18(22)26-17)7-14(19(16,5)23)25-11(4)21/h6,12-17,23H,2,7H2,1,3-5H3. The fraction of sp³-hybridized carbons (Fsp3) is 0.632. The van der Waals surface area contributed by atoms with Crippen LogP contribution in [0.1, 0.15) is 34.1 Å². The van der Waals surface area contributed by atoms with E-state index in [-0.39, 0.29) is 18.3 Å². The normalized spacial score (nSPS) is 41.5. The summed E-state index contributed by atoms with van der Waals surface area (Å²) in [5.41, 5.74) is -0.309. The molecule has 1 saturated heterocycles. The first kappa shape index (κ1) is 18.6. The first-order chi connectivity index (χ1) is 12.0. The van der Waals surface area contributed by atoms with E-state index in [0.717, 1.165) is 5.57 Å². The lowest BCUT2D eigenvalue weighted by Crippen LogP contribution is -2.53. The molecule has 1 aliphatic heterocycles. The second-order valence-corrected chi connectivity index (χ2v) is 7.60. The zero-order chi connectivity index (χ0) is 19.4. The summed E-state index contributed by atoms with van der Waals surface area (Å²) in [6.45, 7) is 9.82. The molecule has 0 bridgehead atoms. The second kappa shape index (κ2) is 6.23. The molecule has 7 heteroatoms. The summed E-state index contributed by atoms with van der Waals surface area (Å²) in [6.07, 6.45) is -0.130. The van der Waals surface area contributed by atoms with Crippen LogP contribution >= 0.6 is 0 Å². The summed E-state index contributed by atoms with van der Waals surface area (Å²) in [5, 5.41) is 11.4. The van der Waals surface area contributed by atoms with Crippen molar-refractivity contribution in [3.05, 3.63) is 23.8 Å². The van der Waals surface area contributed by atoms with Gasteiger partial charge in [0, 0.05) is 37.2 Å². The Morgan fingerprint density at radius 2 is 1.92 bits per heavy atom. The van der Waals surface area contributed by atoms with Gasteiger partial charge in [0.2, 0.25) is 0 Å². The minimum atomic E-state index is -1.48. The third kappa shape index (κ3) is 2.84. The minimum absolute atomic E-state index is 0.217. The Labute approximate surface area is 152 Å². The molecule has 1 heterocycles. The van der Waals surface area contributed by atoms with E-state index >= 15 is 0 Å². The lowest BCUT2D eigenvalue weighted by Gasteiger charge is -2.40. The molecular formula is C19H24O7. The van der Waals surface area contributed by atoms with Gasteiger partial charge in [-0.15, -0.1) is 0 Å². The number of aliphatic hydroxyl groups is 1. The maximum Gasteiger partial charge on any atom is 0.334 e. The fourth-order valence-electron chi connectivity index (χ4n) is 4.70.